The average Bonchev–Trinajstić information content (AvgIpc) is 3.23. The van der Waals surface area contributed by atoms with E-state index in [-0.39, 0.29) is 5.25 Å². The zero-order valence-corrected chi connectivity index (χ0v) is 11.6. The highest BCUT2D eigenvalue weighted by Gasteiger charge is 2.40. The van der Waals surface area contributed by atoms with Crippen LogP contribution in [0.5, 0.6) is 0 Å². The summed E-state index contributed by atoms with van der Waals surface area (Å²) in [6, 6.07) is 7.74. The molecule has 2 fully saturated rings. The van der Waals surface area contributed by atoms with Gasteiger partial charge in [0.05, 0.1) is 5.25 Å². The fraction of sp³-hybridized carbons (Fsp3) is 0.538. The maximum Gasteiger partial charge on any atom is 0.217 e. The van der Waals surface area contributed by atoms with Crippen LogP contribution in [0.4, 0.5) is 11.4 Å². The lowest BCUT2D eigenvalue weighted by Gasteiger charge is -2.35. The standard InChI is InChI=1S/C13H19N3O2S/c14-11-2-1-3-12(10-11)15-6-8-16(9-7-15)19(17,18)13-4-5-13/h1-3,10,13H,4-9,14H2. The second kappa shape index (κ2) is 4.68. The molecule has 1 heterocycles. The number of piperazine rings is 1. The number of nitrogen functional groups attached to an aromatic ring is 1. The molecule has 1 aromatic carbocycles. The number of rotatable bonds is 3. The van der Waals surface area contributed by atoms with Crippen LogP contribution in [0.2, 0.25) is 0 Å². The van der Waals surface area contributed by atoms with E-state index in [1.54, 1.807) is 4.31 Å². The third kappa shape index (κ3) is 2.55. The van der Waals surface area contributed by atoms with Gasteiger partial charge in [-0.05, 0) is 31.0 Å². The molecule has 1 aliphatic carbocycles. The molecule has 0 atom stereocenters. The summed E-state index contributed by atoms with van der Waals surface area (Å²) >= 11 is 0. The van der Waals surface area contributed by atoms with Crippen LogP contribution in [-0.4, -0.2) is 44.2 Å². The van der Waals surface area contributed by atoms with Gasteiger partial charge in [-0.25, -0.2) is 8.42 Å². The van der Waals surface area contributed by atoms with Crippen LogP contribution in [0.1, 0.15) is 12.8 Å². The zero-order chi connectivity index (χ0) is 13.5. The monoisotopic (exact) mass is 281 g/mol. The maximum absolute atomic E-state index is 12.1. The summed E-state index contributed by atoms with van der Waals surface area (Å²) in [4.78, 5) is 2.19. The van der Waals surface area contributed by atoms with E-state index in [0.29, 0.717) is 13.1 Å². The molecule has 0 unspecified atom stereocenters. The Morgan fingerprint density at radius 1 is 1.11 bits per heavy atom. The number of nitrogens with zero attached hydrogens (tertiary/aromatic N) is 2. The Bertz CT molecular complexity index is 561. The molecule has 19 heavy (non-hydrogen) atoms. The van der Waals surface area contributed by atoms with Gasteiger partial charge in [-0.15, -0.1) is 0 Å². The van der Waals surface area contributed by atoms with E-state index < -0.39 is 10.0 Å². The second-order valence-corrected chi connectivity index (χ2v) is 7.44. The molecule has 2 N–H and O–H groups in total. The first kappa shape index (κ1) is 12.7. The van der Waals surface area contributed by atoms with Gasteiger partial charge in [0.25, 0.3) is 0 Å². The minimum Gasteiger partial charge on any atom is -0.399 e. The van der Waals surface area contributed by atoms with Crippen molar-refractivity contribution in [2.75, 3.05) is 36.8 Å². The fourth-order valence-electron chi connectivity index (χ4n) is 2.50. The molecule has 0 amide bonds. The Labute approximate surface area is 114 Å². The van der Waals surface area contributed by atoms with Gasteiger partial charge in [0.2, 0.25) is 10.0 Å². The molecule has 0 bridgehead atoms. The van der Waals surface area contributed by atoms with Crippen molar-refractivity contribution >= 4 is 21.4 Å². The molecule has 6 heteroatoms. The lowest BCUT2D eigenvalue weighted by molar-refractivity contribution is 0.384. The summed E-state index contributed by atoms with van der Waals surface area (Å²) in [6.45, 7) is 2.62. The minimum absolute atomic E-state index is 0.105. The molecule has 2 aliphatic rings. The Balaban J connectivity index is 1.66. The fourth-order valence-corrected chi connectivity index (χ4v) is 4.32. The van der Waals surface area contributed by atoms with E-state index >= 15 is 0 Å². The van der Waals surface area contributed by atoms with Crippen molar-refractivity contribution in [3.05, 3.63) is 24.3 Å². The number of nitrogens with two attached hydrogens (primary N) is 1. The maximum atomic E-state index is 12.1. The molecule has 0 aromatic heterocycles. The van der Waals surface area contributed by atoms with Gasteiger partial charge in [0, 0.05) is 37.6 Å². The number of benzene rings is 1. The van der Waals surface area contributed by atoms with E-state index in [9.17, 15) is 8.42 Å². The SMILES string of the molecule is Nc1cccc(N2CCN(S(=O)(=O)C3CC3)CC2)c1. The largest absolute Gasteiger partial charge is 0.399 e. The van der Waals surface area contributed by atoms with Crippen molar-refractivity contribution < 1.29 is 8.42 Å². The summed E-state index contributed by atoms with van der Waals surface area (Å²) in [6.07, 6.45) is 1.66. The van der Waals surface area contributed by atoms with E-state index in [2.05, 4.69) is 4.90 Å². The van der Waals surface area contributed by atoms with Gasteiger partial charge in [-0.1, -0.05) is 6.07 Å². The smallest absolute Gasteiger partial charge is 0.217 e. The van der Waals surface area contributed by atoms with Gasteiger partial charge in [-0.2, -0.15) is 4.31 Å². The Kier molecular flexibility index (Phi) is 3.14. The Hall–Kier alpha value is -1.27. The van der Waals surface area contributed by atoms with Gasteiger partial charge < -0.3 is 10.6 Å². The van der Waals surface area contributed by atoms with E-state index in [4.69, 9.17) is 5.73 Å². The summed E-state index contributed by atoms with van der Waals surface area (Å²) in [5.41, 5.74) is 7.59. The highest BCUT2D eigenvalue weighted by Crippen LogP contribution is 2.31. The van der Waals surface area contributed by atoms with Gasteiger partial charge in [0.15, 0.2) is 0 Å². The second-order valence-electron chi connectivity index (χ2n) is 5.23. The third-order valence-corrected chi connectivity index (χ3v) is 6.18. The van der Waals surface area contributed by atoms with Gasteiger partial charge in [0.1, 0.15) is 0 Å². The van der Waals surface area contributed by atoms with Crippen LogP contribution in [0, 0.1) is 0 Å². The minimum atomic E-state index is -3.02. The molecule has 1 aromatic rings. The molecular formula is C13H19N3O2S. The molecule has 3 rings (SSSR count). The molecule has 1 saturated heterocycles. The summed E-state index contributed by atoms with van der Waals surface area (Å²) in [5.74, 6) is 0. The van der Waals surface area contributed by atoms with Crippen molar-refractivity contribution in [3.8, 4) is 0 Å². The van der Waals surface area contributed by atoms with Gasteiger partial charge >= 0.3 is 0 Å². The normalized spacial score (nSPS) is 21.6. The first-order chi connectivity index (χ1) is 9.07. The van der Waals surface area contributed by atoms with E-state index in [1.165, 1.54) is 0 Å². The van der Waals surface area contributed by atoms with Crippen molar-refractivity contribution in [2.45, 2.75) is 18.1 Å². The molecule has 104 valence electrons. The number of anilines is 2. The van der Waals surface area contributed by atoms with E-state index in [1.807, 2.05) is 24.3 Å². The van der Waals surface area contributed by atoms with Crippen LogP contribution < -0.4 is 10.6 Å². The van der Waals surface area contributed by atoms with E-state index in [0.717, 1.165) is 37.3 Å². The molecular weight excluding hydrogens is 262 g/mol. The number of hydrogen-bond donors (Lipinski definition) is 1. The average molecular weight is 281 g/mol. The Morgan fingerprint density at radius 2 is 1.79 bits per heavy atom. The van der Waals surface area contributed by atoms with Crippen LogP contribution in [0.3, 0.4) is 0 Å². The molecule has 0 radical (unpaired) electrons. The summed E-state index contributed by atoms with van der Waals surface area (Å²) in [5, 5.41) is -0.105. The summed E-state index contributed by atoms with van der Waals surface area (Å²) < 4.78 is 25.9. The topological polar surface area (TPSA) is 66.6 Å². The highest BCUT2D eigenvalue weighted by molar-refractivity contribution is 7.90. The first-order valence-electron chi connectivity index (χ1n) is 6.67. The molecule has 1 aliphatic heterocycles. The van der Waals surface area contributed by atoms with Crippen LogP contribution in [0.15, 0.2) is 24.3 Å². The first-order valence-corrected chi connectivity index (χ1v) is 8.17. The van der Waals surface area contributed by atoms with Crippen LogP contribution >= 0.6 is 0 Å². The third-order valence-electron chi connectivity index (χ3n) is 3.78. The molecule has 0 spiro atoms. The number of hydrogen-bond acceptors (Lipinski definition) is 4. The predicted molar refractivity (Wildman–Crippen MR) is 76.6 cm³/mol. The van der Waals surface area contributed by atoms with Crippen molar-refractivity contribution in [2.24, 2.45) is 0 Å². The molecule has 5 nitrogen and oxygen atoms in total. The lowest BCUT2D eigenvalue weighted by Crippen LogP contribution is -2.49. The van der Waals surface area contributed by atoms with Crippen molar-refractivity contribution in [1.82, 2.24) is 4.31 Å². The quantitative estimate of drug-likeness (QED) is 0.835. The lowest BCUT2D eigenvalue weighted by atomic mass is 10.2. The number of sulfonamides is 1. The highest BCUT2D eigenvalue weighted by atomic mass is 32.2. The van der Waals surface area contributed by atoms with Gasteiger partial charge in [-0.3, -0.25) is 0 Å². The Morgan fingerprint density at radius 3 is 2.37 bits per heavy atom. The predicted octanol–water partition coefficient (Wildman–Crippen LogP) is 0.883. The van der Waals surface area contributed by atoms with Crippen LogP contribution in [0.25, 0.3) is 0 Å². The van der Waals surface area contributed by atoms with Crippen molar-refractivity contribution in [3.63, 3.8) is 0 Å². The zero-order valence-electron chi connectivity index (χ0n) is 10.8. The van der Waals surface area contributed by atoms with Crippen LogP contribution in [-0.2, 0) is 10.0 Å². The van der Waals surface area contributed by atoms with Crippen molar-refractivity contribution in [1.29, 1.82) is 0 Å². The summed E-state index contributed by atoms with van der Waals surface area (Å²) in [7, 11) is -3.02. The molecule has 1 saturated carbocycles.